The van der Waals surface area contributed by atoms with Crippen molar-refractivity contribution in [3.8, 4) is 0 Å². The quantitative estimate of drug-likeness (QED) is 0.912. The maximum Gasteiger partial charge on any atom is 0.117 e. The minimum atomic E-state index is -0.646. The second kappa shape index (κ2) is 5.02. The largest absolute Gasteiger partial charge is 0.383 e. The number of aliphatic hydroxyl groups excluding tert-OH is 1. The van der Waals surface area contributed by atoms with E-state index in [1.54, 1.807) is 0 Å². The van der Waals surface area contributed by atoms with E-state index in [4.69, 9.17) is 0 Å². The van der Waals surface area contributed by atoms with Gasteiger partial charge in [-0.1, -0.05) is 54.6 Å². The molecule has 1 aromatic heterocycles. The molecule has 0 spiro atoms. The summed E-state index contributed by atoms with van der Waals surface area (Å²) < 4.78 is 4.01. The van der Waals surface area contributed by atoms with Crippen LogP contribution in [0.15, 0.2) is 18.2 Å². The van der Waals surface area contributed by atoms with E-state index in [-0.39, 0.29) is 5.41 Å². The van der Waals surface area contributed by atoms with Gasteiger partial charge in [0.1, 0.15) is 6.10 Å². The van der Waals surface area contributed by atoms with Crippen molar-refractivity contribution in [1.29, 1.82) is 0 Å². The van der Waals surface area contributed by atoms with E-state index in [1.807, 2.05) is 26.0 Å². The molecule has 3 nitrogen and oxygen atoms in total. The number of aryl methyl sites for hydroxylation is 2. The first-order valence-corrected chi connectivity index (χ1v) is 7.15. The minimum absolute atomic E-state index is 0.109. The summed E-state index contributed by atoms with van der Waals surface area (Å²) in [5.41, 5.74) is 3.99. The summed E-state index contributed by atoms with van der Waals surface area (Å²) in [6, 6.07) is 6.14. The van der Waals surface area contributed by atoms with Gasteiger partial charge in [0.15, 0.2) is 0 Å². The molecule has 1 heterocycles. The van der Waals surface area contributed by atoms with Crippen molar-refractivity contribution in [1.82, 2.24) is 9.59 Å². The molecule has 0 radical (unpaired) electrons. The Labute approximate surface area is 118 Å². The average Bonchev–Trinajstić information content (AvgIpc) is 2.74. The number of nitrogens with zero attached hydrogens (tertiary/aromatic N) is 2. The van der Waals surface area contributed by atoms with Crippen molar-refractivity contribution in [2.24, 2.45) is 0 Å². The molecule has 19 heavy (non-hydrogen) atoms. The number of hydrogen-bond acceptors (Lipinski definition) is 4. The van der Waals surface area contributed by atoms with Crippen molar-refractivity contribution in [2.45, 2.75) is 46.1 Å². The highest BCUT2D eigenvalue weighted by molar-refractivity contribution is 7.05. The van der Waals surface area contributed by atoms with Gasteiger partial charge in [-0.15, -0.1) is 5.10 Å². The van der Waals surface area contributed by atoms with Crippen LogP contribution in [-0.4, -0.2) is 14.7 Å². The molecule has 2 rings (SSSR count). The number of benzene rings is 1. The van der Waals surface area contributed by atoms with E-state index in [1.165, 1.54) is 11.5 Å². The highest BCUT2D eigenvalue weighted by Gasteiger charge is 2.27. The zero-order valence-corrected chi connectivity index (χ0v) is 12.9. The van der Waals surface area contributed by atoms with E-state index < -0.39 is 6.10 Å². The smallest absolute Gasteiger partial charge is 0.117 e. The van der Waals surface area contributed by atoms with Crippen molar-refractivity contribution in [2.75, 3.05) is 0 Å². The first kappa shape index (κ1) is 14.2. The SMILES string of the molecule is Cc1cc(C)cc(C(O)c2snnc2C(C)(C)C)c1. The Morgan fingerprint density at radius 3 is 2.21 bits per heavy atom. The van der Waals surface area contributed by atoms with Crippen molar-refractivity contribution in [3.63, 3.8) is 0 Å². The van der Waals surface area contributed by atoms with Gasteiger partial charge in [0.2, 0.25) is 0 Å². The lowest BCUT2D eigenvalue weighted by Crippen LogP contribution is -2.16. The lowest BCUT2D eigenvalue weighted by molar-refractivity contribution is 0.221. The number of hydrogen-bond donors (Lipinski definition) is 1. The summed E-state index contributed by atoms with van der Waals surface area (Å²) in [6.45, 7) is 10.3. The number of aliphatic hydroxyl groups is 1. The monoisotopic (exact) mass is 276 g/mol. The third-order valence-electron chi connectivity index (χ3n) is 3.03. The van der Waals surface area contributed by atoms with E-state index in [0.717, 1.165) is 27.3 Å². The van der Waals surface area contributed by atoms with E-state index in [2.05, 4.69) is 36.4 Å². The molecular weight excluding hydrogens is 256 g/mol. The fraction of sp³-hybridized carbons (Fsp3) is 0.467. The molecule has 102 valence electrons. The van der Waals surface area contributed by atoms with Crippen LogP contribution in [0.25, 0.3) is 0 Å². The molecule has 1 atom stereocenters. The summed E-state index contributed by atoms with van der Waals surface area (Å²) in [5, 5.41) is 14.8. The molecule has 1 N–H and O–H groups in total. The predicted molar refractivity (Wildman–Crippen MR) is 78.6 cm³/mol. The normalized spacial score (nSPS) is 13.6. The molecule has 0 aliphatic carbocycles. The van der Waals surface area contributed by atoms with E-state index in [0.29, 0.717) is 0 Å². The summed E-state index contributed by atoms with van der Waals surface area (Å²) in [5.74, 6) is 0. The Kier molecular flexibility index (Phi) is 3.74. The second-order valence-electron chi connectivity index (χ2n) is 6.06. The van der Waals surface area contributed by atoms with Crippen LogP contribution in [0, 0.1) is 13.8 Å². The molecule has 1 aromatic carbocycles. The maximum atomic E-state index is 10.6. The van der Waals surface area contributed by atoms with Crippen molar-refractivity contribution >= 4 is 11.5 Å². The first-order chi connectivity index (χ1) is 8.79. The second-order valence-corrected chi connectivity index (χ2v) is 6.85. The maximum absolute atomic E-state index is 10.6. The highest BCUT2D eigenvalue weighted by atomic mass is 32.1. The van der Waals surface area contributed by atoms with E-state index in [9.17, 15) is 5.11 Å². The molecule has 0 amide bonds. The summed E-state index contributed by atoms with van der Waals surface area (Å²) in [7, 11) is 0. The summed E-state index contributed by atoms with van der Waals surface area (Å²) >= 11 is 1.28. The summed E-state index contributed by atoms with van der Waals surface area (Å²) in [4.78, 5) is 0.845. The van der Waals surface area contributed by atoms with Gasteiger partial charge < -0.3 is 5.11 Å². The fourth-order valence-corrected chi connectivity index (χ4v) is 3.10. The molecular formula is C15H20N2OS. The topological polar surface area (TPSA) is 46.0 Å². The molecule has 0 aliphatic rings. The Hall–Kier alpha value is -1.26. The number of rotatable bonds is 2. The van der Waals surface area contributed by atoms with Gasteiger partial charge in [-0.05, 0) is 30.9 Å². The predicted octanol–water partition coefficient (Wildman–Crippen LogP) is 3.53. The standard InChI is InChI=1S/C15H20N2OS/c1-9-6-10(2)8-11(7-9)12(18)13-14(15(3,4)5)16-17-19-13/h6-8,12,18H,1-5H3. The zero-order valence-electron chi connectivity index (χ0n) is 12.1. The third kappa shape index (κ3) is 3.01. The van der Waals surface area contributed by atoms with E-state index >= 15 is 0 Å². The average molecular weight is 276 g/mol. The zero-order chi connectivity index (χ0) is 14.2. The first-order valence-electron chi connectivity index (χ1n) is 6.38. The molecule has 2 aromatic rings. The summed E-state index contributed by atoms with van der Waals surface area (Å²) in [6.07, 6.45) is -0.646. The van der Waals surface area contributed by atoms with Gasteiger partial charge in [-0.3, -0.25) is 0 Å². The lowest BCUT2D eigenvalue weighted by atomic mass is 9.89. The Morgan fingerprint density at radius 2 is 1.68 bits per heavy atom. The third-order valence-corrected chi connectivity index (χ3v) is 3.81. The van der Waals surface area contributed by atoms with Crippen LogP contribution in [0.2, 0.25) is 0 Å². The van der Waals surface area contributed by atoms with Gasteiger partial charge in [0.25, 0.3) is 0 Å². The van der Waals surface area contributed by atoms with Crippen LogP contribution < -0.4 is 0 Å². The Balaban J connectivity index is 2.45. The van der Waals surface area contributed by atoms with Gasteiger partial charge in [0.05, 0.1) is 10.6 Å². The molecule has 0 aliphatic heterocycles. The van der Waals surface area contributed by atoms with Crippen molar-refractivity contribution in [3.05, 3.63) is 45.5 Å². The number of aromatic nitrogens is 2. The molecule has 4 heteroatoms. The van der Waals surface area contributed by atoms with Crippen LogP contribution in [0.3, 0.4) is 0 Å². The van der Waals surface area contributed by atoms with Gasteiger partial charge in [0, 0.05) is 5.41 Å². The highest BCUT2D eigenvalue weighted by Crippen LogP contribution is 2.34. The molecule has 0 saturated heterocycles. The van der Waals surface area contributed by atoms with Crippen LogP contribution in [0.4, 0.5) is 0 Å². The Bertz CT molecular complexity index is 564. The molecule has 0 saturated carbocycles. The van der Waals surface area contributed by atoms with Crippen molar-refractivity contribution < 1.29 is 5.11 Å². The van der Waals surface area contributed by atoms with Crippen LogP contribution in [-0.2, 0) is 5.41 Å². The van der Waals surface area contributed by atoms with Crippen LogP contribution in [0.5, 0.6) is 0 Å². The molecule has 0 bridgehead atoms. The minimum Gasteiger partial charge on any atom is -0.383 e. The molecule has 0 fully saturated rings. The van der Waals surface area contributed by atoms with Gasteiger partial charge >= 0.3 is 0 Å². The van der Waals surface area contributed by atoms with Gasteiger partial charge in [-0.25, -0.2) is 0 Å². The molecule has 1 unspecified atom stereocenters. The lowest BCUT2D eigenvalue weighted by Gasteiger charge is -2.19. The van der Waals surface area contributed by atoms with Crippen LogP contribution >= 0.6 is 11.5 Å². The van der Waals surface area contributed by atoms with Crippen LogP contribution in [0.1, 0.15) is 54.1 Å². The fourth-order valence-electron chi connectivity index (χ4n) is 2.22. The Morgan fingerprint density at radius 1 is 1.11 bits per heavy atom. The van der Waals surface area contributed by atoms with Gasteiger partial charge in [-0.2, -0.15) is 0 Å².